The highest BCUT2D eigenvalue weighted by Gasteiger charge is 2.39. The van der Waals surface area contributed by atoms with Crippen LogP contribution in [-0.4, -0.2) is 44.0 Å². The summed E-state index contributed by atoms with van der Waals surface area (Å²) in [6.07, 6.45) is 3.46. The fourth-order valence-corrected chi connectivity index (χ4v) is 3.17. The van der Waals surface area contributed by atoms with Gasteiger partial charge in [-0.05, 0) is 18.6 Å². The number of carbonyl (C=O) groups excluding carboxylic acids is 1. The molecule has 1 aliphatic rings. The van der Waals surface area contributed by atoms with Crippen molar-refractivity contribution in [2.45, 2.75) is 24.8 Å². The van der Waals surface area contributed by atoms with E-state index in [0.29, 0.717) is 5.75 Å². The molecule has 1 fully saturated rings. The van der Waals surface area contributed by atoms with E-state index in [1.54, 1.807) is 18.5 Å². The lowest BCUT2D eigenvalue weighted by Gasteiger charge is -2.25. The van der Waals surface area contributed by atoms with Gasteiger partial charge in [-0.15, -0.1) is 11.8 Å². The van der Waals surface area contributed by atoms with E-state index in [2.05, 4.69) is 4.98 Å². The molecule has 1 aliphatic heterocycles. The van der Waals surface area contributed by atoms with Gasteiger partial charge in [-0.25, -0.2) is 4.79 Å². The van der Waals surface area contributed by atoms with Gasteiger partial charge in [-0.1, -0.05) is 6.07 Å². The van der Waals surface area contributed by atoms with Crippen molar-refractivity contribution in [3.8, 4) is 0 Å². The standard InChI is InChI=1S/C12H14N2O3S/c1-8-14(10(7-18-8)12(16)17)11(15)5-9-3-2-4-13-6-9/h2-4,6,8,10H,5,7H2,1H3,(H,16,17). The molecule has 0 aromatic carbocycles. The van der Waals surface area contributed by atoms with Crippen molar-refractivity contribution in [3.05, 3.63) is 30.1 Å². The molecule has 0 aliphatic carbocycles. The highest BCUT2D eigenvalue weighted by molar-refractivity contribution is 8.00. The Hall–Kier alpha value is -1.56. The number of carboxylic acids is 1. The van der Waals surface area contributed by atoms with Crippen LogP contribution < -0.4 is 0 Å². The number of pyridine rings is 1. The summed E-state index contributed by atoms with van der Waals surface area (Å²) in [4.78, 5) is 28.7. The van der Waals surface area contributed by atoms with E-state index in [1.165, 1.54) is 16.7 Å². The summed E-state index contributed by atoms with van der Waals surface area (Å²) in [6, 6.07) is 2.86. The number of aromatic nitrogens is 1. The number of amides is 1. The van der Waals surface area contributed by atoms with Crippen LogP contribution in [0.15, 0.2) is 24.5 Å². The fraction of sp³-hybridized carbons (Fsp3) is 0.417. The SMILES string of the molecule is CC1SCC(C(=O)O)N1C(=O)Cc1cccnc1. The molecule has 1 aromatic heterocycles. The van der Waals surface area contributed by atoms with Crippen LogP contribution in [0.3, 0.4) is 0 Å². The molecular formula is C12H14N2O3S. The Labute approximate surface area is 109 Å². The van der Waals surface area contributed by atoms with Crippen LogP contribution in [0.5, 0.6) is 0 Å². The first-order valence-corrected chi connectivity index (χ1v) is 6.69. The predicted molar refractivity (Wildman–Crippen MR) is 68.1 cm³/mol. The number of thioether (sulfide) groups is 1. The average Bonchev–Trinajstić information content (AvgIpc) is 2.72. The molecule has 1 saturated heterocycles. The molecule has 0 saturated carbocycles. The van der Waals surface area contributed by atoms with Gasteiger partial charge in [-0.2, -0.15) is 0 Å². The second-order valence-corrected chi connectivity index (χ2v) is 5.47. The first-order chi connectivity index (χ1) is 8.59. The van der Waals surface area contributed by atoms with Crippen LogP contribution in [-0.2, 0) is 16.0 Å². The minimum absolute atomic E-state index is 0.0877. The van der Waals surface area contributed by atoms with E-state index < -0.39 is 12.0 Å². The molecular weight excluding hydrogens is 252 g/mol. The van der Waals surface area contributed by atoms with Crippen LogP contribution in [0.25, 0.3) is 0 Å². The number of carbonyl (C=O) groups is 2. The van der Waals surface area contributed by atoms with E-state index in [0.717, 1.165) is 5.56 Å². The molecule has 2 rings (SSSR count). The Bertz CT molecular complexity index is 452. The van der Waals surface area contributed by atoms with Crippen LogP contribution in [0.1, 0.15) is 12.5 Å². The highest BCUT2D eigenvalue weighted by Crippen LogP contribution is 2.29. The van der Waals surface area contributed by atoms with Gasteiger partial charge in [-0.3, -0.25) is 9.78 Å². The summed E-state index contributed by atoms with van der Waals surface area (Å²) in [5.41, 5.74) is 0.802. The monoisotopic (exact) mass is 266 g/mol. The molecule has 1 aromatic rings. The number of carboxylic acid groups (broad SMARTS) is 1. The number of hydrogen-bond donors (Lipinski definition) is 1. The zero-order valence-corrected chi connectivity index (χ0v) is 10.8. The quantitative estimate of drug-likeness (QED) is 0.883. The Morgan fingerprint density at radius 3 is 3.00 bits per heavy atom. The molecule has 18 heavy (non-hydrogen) atoms. The molecule has 0 bridgehead atoms. The summed E-state index contributed by atoms with van der Waals surface area (Å²) in [6.45, 7) is 1.86. The van der Waals surface area contributed by atoms with Crippen molar-refractivity contribution in [1.29, 1.82) is 0 Å². The van der Waals surface area contributed by atoms with Crippen molar-refractivity contribution >= 4 is 23.6 Å². The molecule has 1 amide bonds. The molecule has 6 heteroatoms. The summed E-state index contributed by atoms with van der Waals surface area (Å²) < 4.78 is 0. The molecule has 5 nitrogen and oxygen atoms in total. The summed E-state index contributed by atoms with van der Waals surface area (Å²) in [5, 5.41) is 9.01. The van der Waals surface area contributed by atoms with E-state index in [9.17, 15) is 9.59 Å². The molecule has 96 valence electrons. The summed E-state index contributed by atoms with van der Waals surface area (Å²) in [7, 11) is 0. The predicted octanol–water partition coefficient (Wildman–Crippen LogP) is 0.999. The number of rotatable bonds is 3. The van der Waals surface area contributed by atoms with E-state index in [1.807, 2.05) is 13.0 Å². The fourth-order valence-electron chi connectivity index (χ4n) is 1.98. The second-order valence-electron chi connectivity index (χ2n) is 4.13. The Morgan fingerprint density at radius 1 is 1.61 bits per heavy atom. The zero-order valence-electron chi connectivity index (χ0n) is 9.94. The van der Waals surface area contributed by atoms with Gasteiger partial charge < -0.3 is 10.0 Å². The maximum absolute atomic E-state index is 12.2. The topological polar surface area (TPSA) is 70.5 Å². The van der Waals surface area contributed by atoms with Crippen LogP contribution in [0.2, 0.25) is 0 Å². The molecule has 0 radical (unpaired) electrons. The van der Waals surface area contributed by atoms with Gasteiger partial charge in [0, 0.05) is 18.1 Å². The second kappa shape index (κ2) is 5.39. The molecule has 2 atom stereocenters. The number of nitrogens with zero attached hydrogens (tertiary/aromatic N) is 2. The first-order valence-electron chi connectivity index (χ1n) is 5.64. The third-order valence-corrected chi connectivity index (χ3v) is 4.09. The average molecular weight is 266 g/mol. The van der Waals surface area contributed by atoms with Gasteiger partial charge >= 0.3 is 5.97 Å². The van der Waals surface area contributed by atoms with Gasteiger partial charge in [0.2, 0.25) is 5.91 Å². The van der Waals surface area contributed by atoms with E-state index in [-0.39, 0.29) is 17.7 Å². The normalized spacial score (nSPS) is 23.1. The highest BCUT2D eigenvalue weighted by atomic mass is 32.2. The minimum atomic E-state index is -0.939. The van der Waals surface area contributed by atoms with Gasteiger partial charge in [0.25, 0.3) is 0 Å². The van der Waals surface area contributed by atoms with Gasteiger partial charge in [0.05, 0.1) is 11.8 Å². The Kier molecular flexibility index (Phi) is 3.86. The Morgan fingerprint density at radius 2 is 2.39 bits per heavy atom. The molecule has 2 heterocycles. The minimum Gasteiger partial charge on any atom is -0.480 e. The molecule has 1 N–H and O–H groups in total. The largest absolute Gasteiger partial charge is 0.480 e. The van der Waals surface area contributed by atoms with Gasteiger partial charge in [0.15, 0.2) is 0 Å². The maximum atomic E-state index is 12.2. The lowest BCUT2D eigenvalue weighted by molar-refractivity contribution is -0.148. The lowest BCUT2D eigenvalue weighted by Crippen LogP contribution is -2.45. The van der Waals surface area contributed by atoms with E-state index >= 15 is 0 Å². The molecule has 2 unspecified atom stereocenters. The zero-order chi connectivity index (χ0) is 13.1. The van der Waals surface area contributed by atoms with Crippen LogP contribution in [0, 0.1) is 0 Å². The van der Waals surface area contributed by atoms with Crippen LogP contribution in [0.4, 0.5) is 0 Å². The summed E-state index contributed by atoms with van der Waals surface area (Å²) >= 11 is 1.49. The van der Waals surface area contributed by atoms with Crippen LogP contribution >= 0.6 is 11.8 Å². The first kappa shape index (κ1) is 12.9. The van der Waals surface area contributed by atoms with Crippen molar-refractivity contribution in [2.24, 2.45) is 0 Å². The van der Waals surface area contributed by atoms with Crippen molar-refractivity contribution in [3.63, 3.8) is 0 Å². The van der Waals surface area contributed by atoms with Crippen molar-refractivity contribution in [2.75, 3.05) is 5.75 Å². The lowest BCUT2D eigenvalue weighted by atomic mass is 10.1. The van der Waals surface area contributed by atoms with Crippen molar-refractivity contribution in [1.82, 2.24) is 9.88 Å². The number of hydrogen-bond acceptors (Lipinski definition) is 4. The maximum Gasteiger partial charge on any atom is 0.327 e. The van der Waals surface area contributed by atoms with E-state index in [4.69, 9.17) is 5.11 Å². The van der Waals surface area contributed by atoms with Gasteiger partial charge in [0.1, 0.15) is 6.04 Å². The smallest absolute Gasteiger partial charge is 0.327 e. The summed E-state index contributed by atoms with van der Waals surface area (Å²) in [5.74, 6) is -0.644. The third kappa shape index (κ3) is 2.64. The number of aliphatic carboxylic acids is 1. The Balaban J connectivity index is 2.10. The third-order valence-electron chi connectivity index (χ3n) is 2.87. The molecule has 0 spiro atoms. The van der Waals surface area contributed by atoms with Crippen molar-refractivity contribution < 1.29 is 14.7 Å².